The summed E-state index contributed by atoms with van der Waals surface area (Å²) in [6.45, 7) is 7.10. The third kappa shape index (κ3) is 6.58. The minimum absolute atomic E-state index is 0. The first-order valence-electron chi connectivity index (χ1n) is 6.24. The van der Waals surface area contributed by atoms with Crippen molar-refractivity contribution in [2.45, 2.75) is 20.3 Å². The van der Waals surface area contributed by atoms with Crippen LogP contribution in [0.3, 0.4) is 0 Å². The average Bonchev–Trinajstić information content (AvgIpc) is 2.39. The van der Waals surface area contributed by atoms with Crippen LogP contribution in [0, 0.1) is 0 Å². The van der Waals surface area contributed by atoms with Gasteiger partial charge in [0.2, 0.25) is 0 Å². The first-order valence-corrected chi connectivity index (χ1v) is 6.24. The van der Waals surface area contributed by atoms with Crippen molar-refractivity contribution in [1.82, 2.24) is 4.90 Å². The lowest BCUT2D eigenvalue weighted by molar-refractivity contribution is -0.114. The molecule has 0 fully saturated rings. The number of hydrogen-bond acceptors (Lipinski definition) is 2. The predicted octanol–water partition coefficient (Wildman–Crippen LogP) is 3.42. The molecule has 0 unspecified atom stereocenters. The van der Waals surface area contributed by atoms with Gasteiger partial charge in [-0.05, 0) is 24.7 Å². The maximum absolute atomic E-state index is 11.6. The van der Waals surface area contributed by atoms with Gasteiger partial charge >= 0.3 is 0 Å². The molecule has 0 saturated carbocycles. The molecule has 0 N–H and O–H groups in total. The summed E-state index contributed by atoms with van der Waals surface area (Å²) in [5.41, 5.74) is 1.07. The number of hydrogen-bond donors (Lipinski definition) is 0. The molecule has 1 rings (SSSR count). The molecule has 0 bridgehead atoms. The minimum Gasteiger partial charge on any atom is -0.303 e. The summed E-state index contributed by atoms with van der Waals surface area (Å²) in [6.07, 6.45) is 4.16. The Labute approximate surface area is 116 Å². The zero-order valence-corrected chi connectivity index (χ0v) is 12.0. The van der Waals surface area contributed by atoms with Crippen molar-refractivity contribution >= 4 is 24.3 Å². The SMILES string of the molecule is CCN(CC)CCC(=O)/C=C/c1ccccc1.Cl. The van der Waals surface area contributed by atoms with Crippen LogP contribution in [0.25, 0.3) is 6.08 Å². The lowest BCUT2D eigenvalue weighted by Crippen LogP contribution is -2.25. The number of carbonyl (C=O) groups excluding carboxylic acids is 1. The fourth-order valence-electron chi connectivity index (χ4n) is 1.64. The van der Waals surface area contributed by atoms with Crippen molar-refractivity contribution in [3.8, 4) is 0 Å². The molecule has 2 nitrogen and oxygen atoms in total. The first-order chi connectivity index (χ1) is 8.26. The van der Waals surface area contributed by atoms with Crippen LogP contribution in [0.2, 0.25) is 0 Å². The van der Waals surface area contributed by atoms with Gasteiger partial charge in [0.15, 0.2) is 5.78 Å². The molecule has 0 aliphatic rings. The summed E-state index contributed by atoms with van der Waals surface area (Å²) < 4.78 is 0. The highest BCUT2D eigenvalue weighted by Crippen LogP contribution is 2.02. The first kappa shape index (κ1) is 16.9. The van der Waals surface area contributed by atoms with Gasteiger partial charge in [-0.1, -0.05) is 50.3 Å². The molecule has 100 valence electrons. The minimum atomic E-state index is 0. The van der Waals surface area contributed by atoms with E-state index in [4.69, 9.17) is 0 Å². The number of nitrogens with zero attached hydrogens (tertiary/aromatic N) is 1. The summed E-state index contributed by atoms with van der Waals surface area (Å²) in [7, 11) is 0. The topological polar surface area (TPSA) is 20.3 Å². The lowest BCUT2D eigenvalue weighted by Gasteiger charge is -2.16. The number of rotatable bonds is 7. The van der Waals surface area contributed by atoms with E-state index >= 15 is 0 Å². The number of allylic oxidation sites excluding steroid dienone is 1. The molecule has 0 amide bonds. The Morgan fingerprint density at radius 3 is 2.33 bits per heavy atom. The Kier molecular flexibility index (Phi) is 9.25. The Balaban J connectivity index is 0.00000289. The van der Waals surface area contributed by atoms with E-state index in [1.807, 2.05) is 36.4 Å². The lowest BCUT2D eigenvalue weighted by atomic mass is 10.1. The van der Waals surface area contributed by atoms with E-state index in [9.17, 15) is 4.79 Å². The summed E-state index contributed by atoms with van der Waals surface area (Å²) in [5, 5.41) is 0. The quantitative estimate of drug-likeness (QED) is 0.706. The second-order valence-corrected chi connectivity index (χ2v) is 3.99. The van der Waals surface area contributed by atoms with Gasteiger partial charge in [-0.3, -0.25) is 4.79 Å². The fraction of sp³-hybridized carbons (Fsp3) is 0.400. The molecule has 0 aliphatic carbocycles. The predicted molar refractivity (Wildman–Crippen MR) is 80.1 cm³/mol. The average molecular weight is 268 g/mol. The van der Waals surface area contributed by atoms with Crippen LogP contribution in [0.4, 0.5) is 0 Å². The van der Waals surface area contributed by atoms with Gasteiger partial charge in [0.25, 0.3) is 0 Å². The van der Waals surface area contributed by atoms with Crippen molar-refractivity contribution in [2.24, 2.45) is 0 Å². The highest BCUT2D eigenvalue weighted by Gasteiger charge is 2.02. The summed E-state index contributed by atoms with van der Waals surface area (Å²) in [5.74, 6) is 0.195. The van der Waals surface area contributed by atoms with Gasteiger partial charge in [-0.2, -0.15) is 0 Å². The van der Waals surface area contributed by atoms with E-state index in [-0.39, 0.29) is 18.2 Å². The second kappa shape index (κ2) is 9.86. The molecule has 0 aromatic heterocycles. The molecule has 0 aliphatic heterocycles. The van der Waals surface area contributed by atoms with Gasteiger partial charge in [0.05, 0.1) is 0 Å². The van der Waals surface area contributed by atoms with E-state index < -0.39 is 0 Å². The maximum atomic E-state index is 11.6. The van der Waals surface area contributed by atoms with Crippen molar-refractivity contribution in [3.63, 3.8) is 0 Å². The Hall–Kier alpha value is -1.12. The monoisotopic (exact) mass is 267 g/mol. The Bertz CT molecular complexity index is 358. The van der Waals surface area contributed by atoms with Crippen LogP contribution >= 0.6 is 12.4 Å². The van der Waals surface area contributed by atoms with E-state index in [0.29, 0.717) is 6.42 Å². The highest BCUT2D eigenvalue weighted by molar-refractivity contribution is 5.93. The molecule has 18 heavy (non-hydrogen) atoms. The van der Waals surface area contributed by atoms with Crippen molar-refractivity contribution in [2.75, 3.05) is 19.6 Å². The number of ketones is 1. The summed E-state index contributed by atoms with van der Waals surface area (Å²) in [4.78, 5) is 13.9. The van der Waals surface area contributed by atoms with Crippen LogP contribution in [0.5, 0.6) is 0 Å². The summed E-state index contributed by atoms with van der Waals surface area (Å²) >= 11 is 0. The van der Waals surface area contributed by atoms with E-state index in [1.165, 1.54) is 0 Å². The van der Waals surface area contributed by atoms with Crippen molar-refractivity contribution in [3.05, 3.63) is 42.0 Å². The molecule has 0 spiro atoms. The third-order valence-corrected chi connectivity index (χ3v) is 2.83. The van der Waals surface area contributed by atoms with E-state index in [0.717, 1.165) is 25.2 Å². The normalized spacial score (nSPS) is 10.6. The van der Waals surface area contributed by atoms with Crippen LogP contribution in [-0.4, -0.2) is 30.3 Å². The Morgan fingerprint density at radius 1 is 1.17 bits per heavy atom. The largest absolute Gasteiger partial charge is 0.303 e. The number of benzene rings is 1. The molecular formula is C15H22ClNO. The molecule has 1 aromatic rings. The Morgan fingerprint density at radius 2 is 1.78 bits per heavy atom. The fourth-order valence-corrected chi connectivity index (χ4v) is 1.64. The van der Waals surface area contributed by atoms with E-state index in [2.05, 4.69) is 18.7 Å². The molecular weight excluding hydrogens is 246 g/mol. The molecule has 1 aromatic carbocycles. The van der Waals surface area contributed by atoms with Gasteiger partial charge in [-0.25, -0.2) is 0 Å². The molecule has 0 radical (unpaired) electrons. The smallest absolute Gasteiger partial charge is 0.156 e. The van der Waals surface area contributed by atoms with Crippen LogP contribution in [0.1, 0.15) is 25.8 Å². The highest BCUT2D eigenvalue weighted by atomic mass is 35.5. The van der Waals surface area contributed by atoms with Crippen LogP contribution in [0.15, 0.2) is 36.4 Å². The third-order valence-electron chi connectivity index (χ3n) is 2.83. The van der Waals surface area contributed by atoms with Gasteiger partial charge in [0.1, 0.15) is 0 Å². The molecule has 0 saturated heterocycles. The van der Waals surface area contributed by atoms with Gasteiger partial charge in [-0.15, -0.1) is 12.4 Å². The van der Waals surface area contributed by atoms with Gasteiger partial charge in [0, 0.05) is 13.0 Å². The second-order valence-electron chi connectivity index (χ2n) is 3.99. The standard InChI is InChI=1S/C15H21NO.ClH/c1-3-16(4-2)13-12-15(17)11-10-14-8-6-5-7-9-14;/h5-11H,3-4,12-13H2,1-2H3;1H/b11-10+;. The van der Waals surface area contributed by atoms with E-state index in [1.54, 1.807) is 6.08 Å². The van der Waals surface area contributed by atoms with Crippen LogP contribution in [-0.2, 0) is 4.79 Å². The van der Waals surface area contributed by atoms with Crippen molar-refractivity contribution < 1.29 is 4.79 Å². The molecule has 0 atom stereocenters. The zero-order valence-electron chi connectivity index (χ0n) is 11.1. The molecule has 3 heteroatoms. The maximum Gasteiger partial charge on any atom is 0.156 e. The zero-order chi connectivity index (χ0) is 12.5. The molecule has 0 heterocycles. The van der Waals surface area contributed by atoms with Crippen molar-refractivity contribution in [1.29, 1.82) is 0 Å². The van der Waals surface area contributed by atoms with Crippen LogP contribution < -0.4 is 0 Å². The summed E-state index contributed by atoms with van der Waals surface area (Å²) in [6, 6.07) is 9.90. The van der Waals surface area contributed by atoms with Gasteiger partial charge < -0.3 is 4.90 Å². The number of halogens is 1. The number of carbonyl (C=O) groups is 1.